The van der Waals surface area contributed by atoms with Gasteiger partial charge in [0.1, 0.15) is 17.5 Å². The second-order valence-electron chi connectivity index (χ2n) is 7.78. The molecule has 1 aliphatic rings. The van der Waals surface area contributed by atoms with Crippen molar-refractivity contribution in [2.24, 2.45) is 0 Å². The highest BCUT2D eigenvalue weighted by Gasteiger charge is 2.46. The molecule has 2 N–H and O–H groups in total. The number of rotatable bonds is 7. The predicted octanol–water partition coefficient (Wildman–Crippen LogP) is 3.00. The molecule has 0 spiro atoms. The Balaban J connectivity index is 2.01. The number of nitrogens with one attached hydrogen (secondary N) is 1. The van der Waals surface area contributed by atoms with Crippen molar-refractivity contribution in [3.8, 4) is 5.75 Å². The molecule has 1 unspecified atom stereocenters. The normalized spacial score (nSPS) is 21.1. The van der Waals surface area contributed by atoms with Gasteiger partial charge < -0.3 is 24.6 Å². The third kappa shape index (κ3) is 5.75. The third-order valence-electron chi connectivity index (χ3n) is 4.95. The number of hydrogen-bond acceptors (Lipinski definition) is 7. The second kappa shape index (κ2) is 9.31. The van der Waals surface area contributed by atoms with Gasteiger partial charge in [0.15, 0.2) is 12.6 Å². The first-order chi connectivity index (χ1) is 14.9. The fraction of sp³-hybridized carbons (Fsp3) is 0.333. The standard InChI is InChI=1S/C21H23ClNO8P/c1-12(24)13-7-8-17-16(10-13)18(23-20(25)14-5-4-6-15(22)9-14)19(21(2,3)31-17)29-11-30-32(26,27)28/h4-10,18-19H,11H2,1-3H3,(H,23,25)(H2,26,27,28)/p-1/t18-,19+/m0/s1. The number of ketones is 1. The zero-order valence-electron chi connectivity index (χ0n) is 17.5. The van der Waals surface area contributed by atoms with Gasteiger partial charge in [-0.15, -0.1) is 0 Å². The summed E-state index contributed by atoms with van der Waals surface area (Å²) in [7, 11) is -5.03. The minimum atomic E-state index is -5.03. The van der Waals surface area contributed by atoms with E-state index in [4.69, 9.17) is 26.0 Å². The van der Waals surface area contributed by atoms with Gasteiger partial charge in [-0.1, -0.05) is 17.7 Å². The van der Waals surface area contributed by atoms with Crippen LogP contribution in [0.3, 0.4) is 0 Å². The molecule has 0 saturated heterocycles. The van der Waals surface area contributed by atoms with E-state index in [1.807, 2.05) is 0 Å². The molecule has 3 atom stereocenters. The summed E-state index contributed by atoms with van der Waals surface area (Å²) in [6.07, 6.45) is -0.952. The highest BCUT2D eigenvalue weighted by Crippen LogP contribution is 2.42. The van der Waals surface area contributed by atoms with Crippen LogP contribution in [0.15, 0.2) is 42.5 Å². The number of fused-ring (bicyclic) bond motifs is 1. The smallest absolute Gasteiger partial charge is 0.267 e. The second-order valence-corrected chi connectivity index (χ2v) is 9.41. The monoisotopic (exact) mass is 482 g/mol. The summed E-state index contributed by atoms with van der Waals surface area (Å²) < 4.78 is 26.9. The van der Waals surface area contributed by atoms with Crippen LogP contribution in [0.1, 0.15) is 53.1 Å². The molecule has 2 aromatic rings. The van der Waals surface area contributed by atoms with Gasteiger partial charge in [-0.2, -0.15) is 0 Å². The Morgan fingerprint density at radius 3 is 2.59 bits per heavy atom. The Kier molecular flexibility index (Phi) is 7.09. The molecule has 1 amide bonds. The molecule has 9 nitrogen and oxygen atoms in total. The number of Topliss-reactive ketones (excluding diaryl/α,β-unsaturated/α-hetero) is 1. The number of phosphoric ester groups is 1. The van der Waals surface area contributed by atoms with E-state index < -0.39 is 38.3 Å². The summed E-state index contributed by atoms with van der Waals surface area (Å²) in [5, 5.41) is 3.23. The quantitative estimate of drug-likeness (QED) is 0.349. The largest absolute Gasteiger partial charge is 0.756 e. The van der Waals surface area contributed by atoms with E-state index in [9.17, 15) is 19.0 Å². The van der Waals surface area contributed by atoms with Crippen LogP contribution in [-0.2, 0) is 13.8 Å². The number of hydrogen-bond donors (Lipinski definition) is 2. The van der Waals surface area contributed by atoms with E-state index >= 15 is 0 Å². The number of halogens is 1. The molecular formula is C21H22ClNO8P-. The molecule has 3 rings (SSSR count). The molecular weight excluding hydrogens is 461 g/mol. The minimum Gasteiger partial charge on any atom is -0.756 e. The predicted molar refractivity (Wildman–Crippen MR) is 113 cm³/mol. The Hall–Kier alpha value is -2.26. The van der Waals surface area contributed by atoms with Gasteiger partial charge in [0.05, 0.1) is 6.04 Å². The molecule has 0 radical (unpaired) electrons. The number of phosphoric acid groups is 1. The van der Waals surface area contributed by atoms with E-state index in [-0.39, 0.29) is 5.78 Å². The van der Waals surface area contributed by atoms with Gasteiger partial charge in [-0.3, -0.25) is 18.7 Å². The van der Waals surface area contributed by atoms with Crippen LogP contribution in [0.2, 0.25) is 5.02 Å². The van der Waals surface area contributed by atoms with Crippen LogP contribution in [0.25, 0.3) is 0 Å². The van der Waals surface area contributed by atoms with Crippen molar-refractivity contribution in [2.75, 3.05) is 6.79 Å². The Morgan fingerprint density at radius 2 is 1.97 bits per heavy atom. The third-order valence-corrected chi connectivity index (χ3v) is 5.62. The molecule has 0 aliphatic carbocycles. The van der Waals surface area contributed by atoms with Gasteiger partial charge in [0.2, 0.25) is 0 Å². The first-order valence-electron chi connectivity index (χ1n) is 9.58. The first-order valence-corrected chi connectivity index (χ1v) is 11.4. The van der Waals surface area contributed by atoms with Gasteiger partial charge in [-0.25, -0.2) is 0 Å². The van der Waals surface area contributed by atoms with Gasteiger partial charge in [-0.05, 0) is 57.2 Å². The van der Waals surface area contributed by atoms with Crippen molar-refractivity contribution >= 4 is 31.1 Å². The van der Waals surface area contributed by atoms with Gasteiger partial charge in [0, 0.05) is 21.7 Å². The SMILES string of the molecule is CC(=O)c1ccc2c(c1)[C@H](NC(=O)c1cccc(Cl)c1)[C@@H](OCOP(=O)([O-])O)C(C)(C)O2. The molecule has 11 heteroatoms. The zero-order chi connectivity index (χ0) is 23.7. The highest BCUT2D eigenvalue weighted by molar-refractivity contribution is 7.44. The summed E-state index contributed by atoms with van der Waals surface area (Å²) in [6.45, 7) is 3.98. The maximum atomic E-state index is 13.0. The van der Waals surface area contributed by atoms with Crippen molar-refractivity contribution in [1.82, 2.24) is 5.32 Å². The van der Waals surface area contributed by atoms with Crippen molar-refractivity contribution < 1.29 is 37.9 Å². The van der Waals surface area contributed by atoms with Crippen molar-refractivity contribution in [1.29, 1.82) is 0 Å². The van der Waals surface area contributed by atoms with E-state index in [1.165, 1.54) is 13.0 Å². The maximum absolute atomic E-state index is 13.0. The summed E-state index contributed by atoms with van der Waals surface area (Å²) in [4.78, 5) is 44.7. The number of ether oxygens (including phenoxy) is 2. The lowest BCUT2D eigenvalue weighted by Gasteiger charge is -2.44. The summed E-state index contributed by atoms with van der Waals surface area (Å²) in [5.74, 6) is -0.236. The zero-order valence-corrected chi connectivity index (χ0v) is 19.2. The lowest BCUT2D eigenvalue weighted by molar-refractivity contribution is -0.234. The average Bonchev–Trinajstić information content (AvgIpc) is 2.68. The molecule has 1 aliphatic heterocycles. The van der Waals surface area contributed by atoms with E-state index in [0.29, 0.717) is 27.5 Å². The van der Waals surface area contributed by atoms with Crippen molar-refractivity contribution in [2.45, 2.75) is 38.5 Å². The summed E-state index contributed by atoms with van der Waals surface area (Å²) in [5.41, 5.74) is 0.0959. The molecule has 172 valence electrons. The number of benzene rings is 2. The molecule has 0 bridgehead atoms. The van der Waals surface area contributed by atoms with Crippen molar-refractivity contribution in [3.05, 3.63) is 64.2 Å². The van der Waals surface area contributed by atoms with Crippen LogP contribution >= 0.6 is 19.4 Å². The van der Waals surface area contributed by atoms with Crippen LogP contribution in [0, 0.1) is 0 Å². The molecule has 32 heavy (non-hydrogen) atoms. The fourth-order valence-corrected chi connectivity index (χ4v) is 3.87. The van der Waals surface area contributed by atoms with E-state index in [2.05, 4.69) is 9.84 Å². The topological polar surface area (TPSA) is 134 Å². The number of carbonyl (C=O) groups excluding carboxylic acids is 2. The average molecular weight is 483 g/mol. The lowest BCUT2D eigenvalue weighted by Crippen LogP contribution is -2.55. The summed E-state index contributed by atoms with van der Waals surface area (Å²) in [6, 6.07) is 10.3. The fourth-order valence-electron chi connectivity index (χ4n) is 3.48. The van der Waals surface area contributed by atoms with E-state index in [1.54, 1.807) is 50.2 Å². The van der Waals surface area contributed by atoms with Gasteiger partial charge >= 0.3 is 0 Å². The van der Waals surface area contributed by atoms with Crippen LogP contribution in [-0.4, -0.2) is 35.1 Å². The molecule has 0 fully saturated rings. The Bertz CT molecular complexity index is 1080. The summed E-state index contributed by atoms with van der Waals surface area (Å²) >= 11 is 6.00. The van der Waals surface area contributed by atoms with Crippen LogP contribution in [0.5, 0.6) is 5.75 Å². The van der Waals surface area contributed by atoms with Gasteiger partial charge in [0.25, 0.3) is 13.7 Å². The lowest BCUT2D eigenvalue weighted by atomic mass is 9.85. The van der Waals surface area contributed by atoms with Crippen molar-refractivity contribution in [3.63, 3.8) is 0 Å². The molecule has 2 aromatic carbocycles. The Morgan fingerprint density at radius 1 is 1.25 bits per heavy atom. The number of amides is 1. The molecule has 0 aromatic heterocycles. The Labute approximate surface area is 189 Å². The van der Waals surface area contributed by atoms with Crippen LogP contribution in [0.4, 0.5) is 0 Å². The number of carbonyl (C=O) groups is 2. The maximum Gasteiger partial charge on any atom is 0.267 e. The highest BCUT2D eigenvalue weighted by atomic mass is 35.5. The van der Waals surface area contributed by atoms with E-state index in [0.717, 1.165) is 0 Å². The first kappa shape index (κ1) is 24.4. The minimum absolute atomic E-state index is 0.189. The molecule has 0 saturated carbocycles. The van der Waals surface area contributed by atoms with Crippen LogP contribution < -0.4 is 14.9 Å². The molecule has 1 heterocycles.